The number of benzene rings is 1. The Morgan fingerprint density at radius 3 is 2.74 bits per heavy atom. The van der Waals surface area contributed by atoms with E-state index in [4.69, 9.17) is 0 Å². The van der Waals surface area contributed by atoms with Crippen molar-refractivity contribution in [2.45, 2.75) is 31.8 Å². The van der Waals surface area contributed by atoms with Gasteiger partial charge >= 0.3 is 5.69 Å². The molecule has 1 amide bonds. The summed E-state index contributed by atoms with van der Waals surface area (Å²) in [5.74, 6) is 0.333. The van der Waals surface area contributed by atoms with Gasteiger partial charge in [-0.05, 0) is 42.0 Å². The van der Waals surface area contributed by atoms with Gasteiger partial charge in [0, 0.05) is 30.1 Å². The molecule has 0 saturated carbocycles. The summed E-state index contributed by atoms with van der Waals surface area (Å²) in [6, 6.07) is 18.0. The molecule has 1 aliphatic rings. The summed E-state index contributed by atoms with van der Waals surface area (Å²) in [5, 5.41) is 2.00. The number of carbonyl (C=O) groups is 1. The molecule has 5 rings (SSSR count). The summed E-state index contributed by atoms with van der Waals surface area (Å²) >= 11 is 1.61. The van der Waals surface area contributed by atoms with E-state index >= 15 is 0 Å². The molecule has 1 aliphatic heterocycles. The topological polar surface area (TPSA) is 60.1 Å². The van der Waals surface area contributed by atoms with Crippen LogP contribution in [0.25, 0.3) is 11.2 Å². The van der Waals surface area contributed by atoms with Crippen LogP contribution in [0, 0.1) is 0 Å². The van der Waals surface area contributed by atoms with E-state index < -0.39 is 0 Å². The summed E-state index contributed by atoms with van der Waals surface area (Å²) in [7, 11) is 0. The van der Waals surface area contributed by atoms with Crippen LogP contribution in [0.2, 0.25) is 0 Å². The first kappa shape index (κ1) is 19.8. The van der Waals surface area contributed by atoms with Gasteiger partial charge in [-0.1, -0.05) is 36.4 Å². The number of aromatic nitrogens is 3. The SMILES string of the molecule is O=C(Cn1c(=O)n(Cc2cccs2)c2ncccc21)N1CCC[C@H](c2ccccc2)C1. The molecule has 0 aliphatic carbocycles. The number of amides is 1. The molecule has 3 aromatic heterocycles. The third-order valence-corrected chi connectivity index (χ3v) is 6.87. The molecular formula is C24H24N4O2S. The molecule has 6 nitrogen and oxygen atoms in total. The number of thiophene rings is 1. The highest BCUT2D eigenvalue weighted by Gasteiger charge is 2.26. The number of hydrogen-bond donors (Lipinski definition) is 0. The Kier molecular flexibility index (Phi) is 5.42. The monoisotopic (exact) mass is 432 g/mol. The normalized spacial score (nSPS) is 16.6. The minimum Gasteiger partial charge on any atom is -0.341 e. The summed E-state index contributed by atoms with van der Waals surface area (Å²) in [4.78, 5) is 33.9. The van der Waals surface area contributed by atoms with Gasteiger partial charge in [0.05, 0.1) is 12.1 Å². The molecule has 1 fully saturated rings. The van der Waals surface area contributed by atoms with E-state index in [2.05, 4.69) is 17.1 Å². The lowest BCUT2D eigenvalue weighted by molar-refractivity contribution is -0.133. The first-order valence-electron chi connectivity index (χ1n) is 10.6. The van der Waals surface area contributed by atoms with Gasteiger partial charge in [0.25, 0.3) is 0 Å². The summed E-state index contributed by atoms with van der Waals surface area (Å²) < 4.78 is 3.24. The predicted molar refractivity (Wildman–Crippen MR) is 122 cm³/mol. The number of piperidine rings is 1. The van der Waals surface area contributed by atoms with E-state index in [1.807, 2.05) is 52.7 Å². The number of imidazole rings is 1. The lowest BCUT2D eigenvalue weighted by atomic mass is 9.90. The molecule has 31 heavy (non-hydrogen) atoms. The van der Waals surface area contributed by atoms with Gasteiger partial charge in [0.1, 0.15) is 6.54 Å². The van der Waals surface area contributed by atoms with E-state index in [0.717, 1.165) is 24.3 Å². The number of fused-ring (bicyclic) bond motifs is 1. The van der Waals surface area contributed by atoms with E-state index in [0.29, 0.717) is 30.2 Å². The maximum Gasteiger partial charge on any atom is 0.331 e. The van der Waals surface area contributed by atoms with Crippen molar-refractivity contribution in [2.24, 2.45) is 0 Å². The summed E-state index contributed by atoms with van der Waals surface area (Å²) in [6.07, 6.45) is 3.74. The molecule has 0 N–H and O–H groups in total. The Morgan fingerprint density at radius 1 is 1.06 bits per heavy atom. The van der Waals surface area contributed by atoms with Gasteiger partial charge in [-0.2, -0.15) is 0 Å². The Morgan fingerprint density at radius 2 is 1.94 bits per heavy atom. The first-order chi connectivity index (χ1) is 15.2. The molecule has 158 valence electrons. The first-order valence-corrected chi connectivity index (χ1v) is 11.5. The molecular weight excluding hydrogens is 408 g/mol. The maximum absolute atomic E-state index is 13.2. The minimum absolute atomic E-state index is 0.0123. The molecule has 4 heterocycles. The molecule has 1 atom stereocenters. The highest BCUT2D eigenvalue weighted by molar-refractivity contribution is 7.09. The van der Waals surface area contributed by atoms with Gasteiger partial charge < -0.3 is 4.90 Å². The van der Waals surface area contributed by atoms with Gasteiger partial charge in [-0.25, -0.2) is 9.78 Å². The van der Waals surface area contributed by atoms with Gasteiger partial charge in [-0.3, -0.25) is 13.9 Å². The molecule has 1 aromatic carbocycles. The third kappa shape index (κ3) is 3.93. The van der Waals surface area contributed by atoms with Crippen molar-refractivity contribution < 1.29 is 4.79 Å². The van der Waals surface area contributed by atoms with Crippen LogP contribution in [0.15, 0.2) is 71.0 Å². The van der Waals surface area contributed by atoms with Gasteiger partial charge in [0.2, 0.25) is 5.91 Å². The average Bonchev–Trinajstić information content (AvgIpc) is 3.43. The van der Waals surface area contributed by atoms with Crippen LogP contribution in [0.4, 0.5) is 0 Å². The molecule has 0 radical (unpaired) electrons. The molecule has 0 bridgehead atoms. The number of nitrogens with zero attached hydrogens (tertiary/aromatic N) is 4. The van der Waals surface area contributed by atoms with Gasteiger partial charge in [0.15, 0.2) is 5.65 Å². The van der Waals surface area contributed by atoms with Crippen LogP contribution in [0.3, 0.4) is 0 Å². The standard InChI is InChI=1S/C24H24N4O2S/c29-22(26-13-5-9-19(15-26)18-7-2-1-3-8-18)17-27-21-11-4-12-25-23(21)28(24(27)30)16-20-10-6-14-31-20/h1-4,6-8,10-12,14,19H,5,9,13,15-17H2/t19-/m0/s1. The van der Waals surface area contributed by atoms with E-state index in [1.165, 1.54) is 5.56 Å². The third-order valence-electron chi connectivity index (χ3n) is 6.01. The fraction of sp³-hybridized carbons (Fsp3) is 0.292. The van der Waals surface area contributed by atoms with Crippen molar-refractivity contribution in [3.63, 3.8) is 0 Å². The highest BCUT2D eigenvalue weighted by Crippen LogP contribution is 2.27. The quantitative estimate of drug-likeness (QED) is 0.483. The van der Waals surface area contributed by atoms with Crippen LogP contribution < -0.4 is 5.69 Å². The summed E-state index contributed by atoms with van der Waals surface area (Å²) in [6.45, 7) is 1.94. The van der Waals surface area contributed by atoms with Crippen molar-refractivity contribution >= 4 is 28.4 Å². The molecule has 7 heteroatoms. The zero-order valence-electron chi connectivity index (χ0n) is 17.2. The minimum atomic E-state index is -0.188. The van der Waals surface area contributed by atoms with Crippen LogP contribution in [0.5, 0.6) is 0 Å². The zero-order chi connectivity index (χ0) is 21.2. The number of carbonyl (C=O) groups excluding carboxylic acids is 1. The molecule has 0 spiro atoms. The molecule has 4 aromatic rings. The van der Waals surface area contributed by atoms with Gasteiger partial charge in [-0.15, -0.1) is 11.3 Å². The fourth-order valence-electron chi connectivity index (χ4n) is 4.44. The average molecular weight is 433 g/mol. The lowest BCUT2D eigenvalue weighted by Crippen LogP contribution is -2.42. The van der Waals surface area contributed by atoms with Crippen LogP contribution >= 0.6 is 11.3 Å². The van der Waals surface area contributed by atoms with E-state index in [1.54, 1.807) is 26.7 Å². The Labute approximate surface area is 184 Å². The Hall–Kier alpha value is -3.19. The number of hydrogen-bond acceptors (Lipinski definition) is 4. The second-order valence-electron chi connectivity index (χ2n) is 7.97. The highest BCUT2D eigenvalue weighted by atomic mass is 32.1. The van der Waals surface area contributed by atoms with Crippen molar-refractivity contribution in [2.75, 3.05) is 13.1 Å². The zero-order valence-corrected chi connectivity index (χ0v) is 18.0. The smallest absolute Gasteiger partial charge is 0.331 e. The largest absolute Gasteiger partial charge is 0.341 e. The van der Waals surface area contributed by atoms with Crippen molar-refractivity contribution in [3.8, 4) is 0 Å². The second-order valence-corrected chi connectivity index (χ2v) is 9.00. The van der Waals surface area contributed by atoms with E-state index in [-0.39, 0.29) is 18.1 Å². The van der Waals surface area contributed by atoms with Crippen molar-refractivity contribution in [1.29, 1.82) is 0 Å². The summed E-state index contributed by atoms with van der Waals surface area (Å²) in [5.41, 5.74) is 2.41. The van der Waals surface area contributed by atoms with Crippen molar-refractivity contribution in [3.05, 3.63) is 87.1 Å². The fourth-order valence-corrected chi connectivity index (χ4v) is 5.13. The number of rotatable bonds is 5. The van der Waals surface area contributed by atoms with Crippen LogP contribution in [-0.4, -0.2) is 38.0 Å². The number of pyridine rings is 1. The Bertz CT molecular complexity index is 1240. The number of likely N-dealkylation sites (tertiary alicyclic amines) is 1. The Balaban J connectivity index is 1.41. The van der Waals surface area contributed by atoms with E-state index in [9.17, 15) is 9.59 Å². The van der Waals surface area contributed by atoms with Crippen LogP contribution in [-0.2, 0) is 17.9 Å². The molecule has 0 unspecified atom stereocenters. The maximum atomic E-state index is 13.2. The van der Waals surface area contributed by atoms with Crippen LogP contribution in [0.1, 0.15) is 29.2 Å². The van der Waals surface area contributed by atoms with Crippen molar-refractivity contribution in [1.82, 2.24) is 19.0 Å². The second kappa shape index (κ2) is 8.51. The lowest BCUT2D eigenvalue weighted by Gasteiger charge is -2.33. The molecule has 1 saturated heterocycles. The predicted octanol–water partition coefficient (Wildman–Crippen LogP) is 3.71.